The number of nitrogens with zero attached hydrogens (tertiary/aromatic N) is 1. The van der Waals surface area contributed by atoms with Gasteiger partial charge in [0.1, 0.15) is 0 Å². The minimum atomic E-state index is -0.321. The van der Waals surface area contributed by atoms with Crippen molar-refractivity contribution in [2.45, 2.75) is 19.5 Å². The van der Waals surface area contributed by atoms with Gasteiger partial charge in [-0.15, -0.1) is 0 Å². The molecule has 4 rings (SSSR count). The van der Waals surface area contributed by atoms with Crippen molar-refractivity contribution in [3.8, 4) is 0 Å². The lowest BCUT2D eigenvalue weighted by molar-refractivity contribution is 0.0642. The Hall–Kier alpha value is -3.44. The number of fused-ring (bicyclic) bond motifs is 1. The zero-order chi connectivity index (χ0) is 21.3. The lowest BCUT2D eigenvalue weighted by Crippen LogP contribution is -2.29. The van der Waals surface area contributed by atoms with Crippen molar-refractivity contribution < 1.29 is 14.4 Å². The summed E-state index contributed by atoms with van der Waals surface area (Å²) in [7, 11) is 0. The summed E-state index contributed by atoms with van der Waals surface area (Å²) >= 11 is 6.21. The molecular formula is C24H19ClN2O3. The average molecular weight is 419 g/mol. The Labute approximate surface area is 179 Å². The standard InChI is InChI=1S/C24H19ClN2O3/c1-15(18-9-4-5-12-21(18)25)26-22(28)17-8-6-7-16(13-17)14-27-23(29)19-10-2-3-11-20(19)24(27)30/h2-13,15H,14H2,1H3,(H,26,28). The number of benzene rings is 3. The molecule has 3 aromatic carbocycles. The van der Waals surface area contributed by atoms with Crippen LogP contribution in [-0.2, 0) is 6.54 Å². The summed E-state index contributed by atoms with van der Waals surface area (Å²) in [6.45, 7) is 1.97. The maximum absolute atomic E-state index is 12.7. The van der Waals surface area contributed by atoms with Gasteiger partial charge in [-0.3, -0.25) is 19.3 Å². The van der Waals surface area contributed by atoms with Crippen LogP contribution >= 0.6 is 11.6 Å². The predicted octanol–water partition coefficient (Wildman–Crippen LogP) is 4.63. The first-order valence-corrected chi connectivity index (χ1v) is 9.93. The molecule has 1 atom stereocenters. The number of hydrogen-bond acceptors (Lipinski definition) is 3. The zero-order valence-corrected chi connectivity index (χ0v) is 17.0. The normalized spacial score (nSPS) is 13.9. The van der Waals surface area contributed by atoms with Gasteiger partial charge >= 0.3 is 0 Å². The lowest BCUT2D eigenvalue weighted by atomic mass is 10.1. The Kier molecular flexibility index (Phi) is 5.38. The van der Waals surface area contributed by atoms with E-state index in [4.69, 9.17) is 11.6 Å². The van der Waals surface area contributed by atoms with E-state index in [1.54, 1.807) is 54.6 Å². The summed E-state index contributed by atoms with van der Waals surface area (Å²) in [5.41, 5.74) is 2.79. The number of halogens is 1. The molecule has 3 amide bonds. The van der Waals surface area contributed by atoms with Gasteiger partial charge in [0.2, 0.25) is 0 Å². The lowest BCUT2D eigenvalue weighted by Gasteiger charge is -2.17. The average Bonchev–Trinajstić information content (AvgIpc) is 2.99. The molecule has 0 saturated carbocycles. The molecule has 1 aliphatic rings. The van der Waals surface area contributed by atoms with Crippen molar-refractivity contribution in [3.05, 3.63) is 106 Å². The van der Waals surface area contributed by atoms with Crippen molar-refractivity contribution in [2.24, 2.45) is 0 Å². The molecule has 1 N–H and O–H groups in total. The van der Waals surface area contributed by atoms with E-state index in [1.807, 2.05) is 25.1 Å². The first-order chi connectivity index (χ1) is 14.5. The maximum Gasteiger partial charge on any atom is 0.261 e. The number of carbonyl (C=O) groups is 3. The quantitative estimate of drug-likeness (QED) is 0.614. The van der Waals surface area contributed by atoms with E-state index < -0.39 is 0 Å². The number of amides is 3. The number of imide groups is 1. The highest BCUT2D eigenvalue weighted by Crippen LogP contribution is 2.25. The van der Waals surface area contributed by atoms with Crippen LogP contribution in [0.4, 0.5) is 0 Å². The van der Waals surface area contributed by atoms with E-state index in [-0.39, 0.29) is 30.3 Å². The summed E-state index contributed by atoms with van der Waals surface area (Å²) in [4.78, 5) is 39.1. The highest BCUT2D eigenvalue weighted by molar-refractivity contribution is 6.31. The van der Waals surface area contributed by atoms with Crippen molar-refractivity contribution in [1.29, 1.82) is 0 Å². The zero-order valence-electron chi connectivity index (χ0n) is 16.3. The Morgan fingerprint density at radius 3 is 2.23 bits per heavy atom. The summed E-state index contributed by atoms with van der Waals surface area (Å²) in [6.07, 6.45) is 0. The van der Waals surface area contributed by atoms with Gasteiger partial charge < -0.3 is 5.32 Å². The summed E-state index contributed by atoms with van der Waals surface area (Å²) in [6, 6.07) is 20.8. The van der Waals surface area contributed by atoms with Gasteiger partial charge in [-0.1, -0.05) is 54.1 Å². The first-order valence-electron chi connectivity index (χ1n) is 9.55. The minimum absolute atomic E-state index is 0.105. The van der Waals surface area contributed by atoms with Crippen LogP contribution in [-0.4, -0.2) is 22.6 Å². The highest BCUT2D eigenvalue weighted by Gasteiger charge is 2.35. The largest absolute Gasteiger partial charge is 0.345 e. The Balaban J connectivity index is 1.49. The molecule has 30 heavy (non-hydrogen) atoms. The van der Waals surface area contributed by atoms with Crippen LogP contribution in [0.25, 0.3) is 0 Å². The van der Waals surface area contributed by atoms with Crippen molar-refractivity contribution in [1.82, 2.24) is 10.2 Å². The molecule has 150 valence electrons. The molecule has 1 unspecified atom stereocenters. The fraction of sp³-hybridized carbons (Fsp3) is 0.125. The smallest absolute Gasteiger partial charge is 0.261 e. The highest BCUT2D eigenvalue weighted by atomic mass is 35.5. The van der Waals surface area contributed by atoms with Crippen LogP contribution in [0.3, 0.4) is 0 Å². The molecule has 6 heteroatoms. The Morgan fingerprint density at radius 1 is 0.933 bits per heavy atom. The summed E-state index contributed by atoms with van der Waals surface area (Å²) in [5, 5.41) is 3.52. The number of nitrogens with one attached hydrogen (secondary N) is 1. The first kappa shape index (κ1) is 19.9. The third kappa shape index (κ3) is 3.72. The van der Waals surface area contributed by atoms with E-state index in [0.717, 1.165) is 5.56 Å². The van der Waals surface area contributed by atoms with Gasteiger partial charge in [-0.05, 0) is 48.4 Å². The third-order valence-electron chi connectivity index (χ3n) is 5.13. The van der Waals surface area contributed by atoms with E-state index in [9.17, 15) is 14.4 Å². The van der Waals surface area contributed by atoms with Crippen LogP contribution in [0.2, 0.25) is 5.02 Å². The number of rotatable bonds is 5. The predicted molar refractivity (Wildman–Crippen MR) is 114 cm³/mol. The van der Waals surface area contributed by atoms with E-state index >= 15 is 0 Å². The molecule has 1 aliphatic heterocycles. The topological polar surface area (TPSA) is 66.5 Å². The van der Waals surface area contributed by atoms with Crippen LogP contribution in [0.1, 0.15) is 55.2 Å². The molecule has 0 saturated heterocycles. The molecule has 5 nitrogen and oxygen atoms in total. The van der Waals surface area contributed by atoms with Crippen LogP contribution in [0, 0.1) is 0 Å². The van der Waals surface area contributed by atoms with Gasteiger partial charge in [0.15, 0.2) is 0 Å². The van der Waals surface area contributed by atoms with Crippen molar-refractivity contribution in [3.63, 3.8) is 0 Å². The molecule has 0 spiro atoms. The molecule has 3 aromatic rings. The fourth-order valence-electron chi connectivity index (χ4n) is 3.56. The third-order valence-corrected chi connectivity index (χ3v) is 5.47. The Morgan fingerprint density at radius 2 is 1.57 bits per heavy atom. The number of hydrogen-bond donors (Lipinski definition) is 1. The number of carbonyl (C=O) groups excluding carboxylic acids is 3. The molecule has 1 heterocycles. The molecule has 0 radical (unpaired) electrons. The van der Waals surface area contributed by atoms with E-state index in [1.165, 1.54) is 4.90 Å². The van der Waals surface area contributed by atoms with Crippen LogP contribution < -0.4 is 5.32 Å². The second-order valence-electron chi connectivity index (χ2n) is 7.16. The van der Waals surface area contributed by atoms with Crippen LogP contribution in [0.5, 0.6) is 0 Å². The van der Waals surface area contributed by atoms with Gasteiger partial charge in [0, 0.05) is 10.6 Å². The fourth-order valence-corrected chi connectivity index (χ4v) is 3.86. The second kappa shape index (κ2) is 8.13. The monoisotopic (exact) mass is 418 g/mol. The van der Waals surface area contributed by atoms with Gasteiger partial charge in [0.25, 0.3) is 17.7 Å². The Bertz CT molecular complexity index is 1120. The molecule has 0 aliphatic carbocycles. The molecule has 0 fully saturated rings. The molecular weight excluding hydrogens is 400 g/mol. The summed E-state index contributed by atoms with van der Waals surface area (Å²) < 4.78 is 0. The van der Waals surface area contributed by atoms with Gasteiger partial charge in [-0.25, -0.2) is 0 Å². The van der Waals surface area contributed by atoms with Gasteiger partial charge in [0.05, 0.1) is 23.7 Å². The van der Waals surface area contributed by atoms with Crippen molar-refractivity contribution in [2.75, 3.05) is 0 Å². The minimum Gasteiger partial charge on any atom is -0.345 e. The van der Waals surface area contributed by atoms with E-state index in [0.29, 0.717) is 27.3 Å². The van der Waals surface area contributed by atoms with Crippen molar-refractivity contribution >= 4 is 29.3 Å². The maximum atomic E-state index is 12.7. The van der Waals surface area contributed by atoms with Gasteiger partial charge in [-0.2, -0.15) is 0 Å². The second-order valence-corrected chi connectivity index (χ2v) is 7.57. The summed E-state index contributed by atoms with van der Waals surface area (Å²) in [5.74, 6) is -0.901. The van der Waals surface area contributed by atoms with E-state index in [2.05, 4.69) is 5.32 Å². The SMILES string of the molecule is CC(NC(=O)c1cccc(CN2C(=O)c3ccccc3C2=O)c1)c1ccccc1Cl. The molecule has 0 bridgehead atoms. The molecule has 0 aromatic heterocycles. The van der Waals surface area contributed by atoms with Crippen LogP contribution in [0.15, 0.2) is 72.8 Å².